The van der Waals surface area contributed by atoms with Gasteiger partial charge in [0, 0.05) is 25.6 Å². The van der Waals surface area contributed by atoms with Gasteiger partial charge in [0.25, 0.3) is 0 Å². The molecule has 0 radical (unpaired) electrons. The number of hydrogen-bond donors (Lipinski definition) is 1. The van der Waals surface area contributed by atoms with E-state index in [1.165, 1.54) is 0 Å². The topological polar surface area (TPSA) is 46.3 Å². The summed E-state index contributed by atoms with van der Waals surface area (Å²) in [6.45, 7) is 3.73. The minimum Gasteiger partial charge on any atom is -0.341 e. The van der Waals surface area contributed by atoms with Gasteiger partial charge in [0.1, 0.15) is 0 Å². The highest BCUT2D eigenvalue weighted by atomic mass is 16.2. The molecular formula is C24H38N2O. The number of carbonyl (C=O) groups excluding carboxylic acids is 1. The van der Waals surface area contributed by atoms with Crippen LogP contribution in [0.4, 0.5) is 0 Å². The molecule has 1 atom stereocenters. The molecule has 1 fully saturated rings. The van der Waals surface area contributed by atoms with Crippen LogP contribution in [0.15, 0.2) is 60.8 Å². The van der Waals surface area contributed by atoms with Gasteiger partial charge in [0.2, 0.25) is 5.91 Å². The Morgan fingerprint density at radius 3 is 1.89 bits per heavy atom. The predicted molar refractivity (Wildman–Crippen MR) is 117 cm³/mol. The summed E-state index contributed by atoms with van der Waals surface area (Å²) in [7, 11) is 0. The van der Waals surface area contributed by atoms with Gasteiger partial charge in [-0.15, -0.1) is 0 Å². The molecule has 0 bridgehead atoms. The average molecular weight is 371 g/mol. The van der Waals surface area contributed by atoms with E-state index < -0.39 is 0 Å². The predicted octanol–water partition coefficient (Wildman–Crippen LogP) is 5.47. The monoisotopic (exact) mass is 370 g/mol. The van der Waals surface area contributed by atoms with Crippen molar-refractivity contribution in [1.82, 2.24) is 4.90 Å². The number of rotatable bonds is 13. The molecule has 0 aromatic rings. The van der Waals surface area contributed by atoms with Crippen molar-refractivity contribution in [3.8, 4) is 0 Å². The van der Waals surface area contributed by atoms with Crippen LogP contribution >= 0.6 is 0 Å². The Kier molecular flexibility index (Phi) is 14.0. The Balaban J connectivity index is 1.95. The maximum Gasteiger partial charge on any atom is 0.222 e. The third kappa shape index (κ3) is 13.0. The number of likely N-dealkylation sites (tertiary alicyclic amines) is 1. The quantitative estimate of drug-likeness (QED) is 0.345. The second kappa shape index (κ2) is 16.3. The lowest BCUT2D eigenvalue weighted by Crippen LogP contribution is -2.31. The van der Waals surface area contributed by atoms with Gasteiger partial charge >= 0.3 is 0 Å². The van der Waals surface area contributed by atoms with Crippen LogP contribution in [0, 0.1) is 0 Å². The van der Waals surface area contributed by atoms with E-state index in [-0.39, 0.29) is 11.9 Å². The summed E-state index contributed by atoms with van der Waals surface area (Å²) in [6, 6.07) is 0.180. The molecule has 0 saturated carbocycles. The summed E-state index contributed by atoms with van der Waals surface area (Å²) in [5.74, 6) is 0.260. The van der Waals surface area contributed by atoms with Gasteiger partial charge in [-0.25, -0.2) is 0 Å². The molecule has 1 aliphatic heterocycles. The van der Waals surface area contributed by atoms with Crippen LogP contribution < -0.4 is 5.73 Å². The largest absolute Gasteiger partial charge is 0.341 e. The molecule has 1 heterocycles. The van der Waals surface area contributed by atoms with Gasteiger partial charge in [-0.1, -0.05) is 67.7 Å². The Morgan fingerprint density at radius 1 is 0.889 bits per heavy atom. The van der Waals surface area contributed by atoms with Crippen molar-refractivity contribution in [3.05, 3.63) is 60.8 Å². The highest BCUT2D eigenvalue weighted by Crippen LogP contribution is 2.10. The molecule has 0 aromatic heterocycles. The van der Waals surface area contributed by atoms with Gasteiger partial charge in [0.15, 0.2) is 0 Å². The summed E-state index contributed by atoms with van der Waals surface area (Å²) in [5, 5.41) is 0. The summed E-state index contributed by atoms with van der Waals surface area (Å²) < 4.78 is 0. The van der Waals surface area contributed by atoms with E-state index in [2.05, 4.69) is 67.7 Å². The zero-order valence-electron chi connectivity index (χ0n) is 17.1. The Morgan fingerprint density at radius 2 is 1.41 bits per heavy atom. The van der Waals surface area contributed by atoms with Gasteiger partial charge in [-0.05, 0) is 51.4 Å². The molecule has 1 amide bonds. The SMILES string of the molecule is CC/C=C\C/C=C\C/C=C\C/C=C\C/C=C\CCCC(=O)N1CC[C@H](N)C1. The number of allylic oxidation sites excluding steroid dienone is 10. The van der Waals surface area contributed by atoms with Crippen molar-refractivity contribution in [1.29, 1.82) is 0 Å². The molecular weight excluding hydrogens is 332 g/mol. The van der Waals surface area contributed by atoms with Crippen molar-refractivity contribution < 1.29 is 4.79 Å². The fourth-order valence-corrected chi connectivity index (χ4v) is 2.91. The number of nitrogens with two attached hydrogens (primary N) is 1. The fourth-order valence-electron chi connectivity index (χ4n) is 2.91. The standard InChI is InChI=1S/C24H38N2O/c1-2-3-4-5-6-7-8-9-10-11-12-13-14-15-16-17-18-19-24(27)26-21-20-23(25)22-26/h3-4,6-7,9-10,12-13,15-16,23H,2,5,8,11,14,17-22,25H2,1H3/b4-3-,7-6-,10-9-,13-12-,16-15-/t23-/m0/s1. The van der Waals surface area contributed by atoms with Gasteiger partial charge in [0.05, 0.1) is 0 Å². The first kappa shape index (κ1) is 23.2. The van der Waals surface area contributed by atoms with Crippen molar-refractivity contribution >= 4 is 5.91 Å². The lowest BCUT2D eigenvalue weighted by Gasteiger charge is -2.15. The van der Waals surface area contributed by atoms with Crippen LogP contribution in [0.5, 0.6) is 0 Å². The molecule has 0 aromatic carbocycles. The first-order valence-electron chi connectivity index (χ1n) is 10.5. The minimum atomic E-state index is 0.180. The number of unbranched alkanes of at least 4 members (excludes halogenated alkanes) is 1. The minimum absolute atomic E-state index is 0.180. The molecule has 27 heavy (non-hydrogen) atoms. The maximum atomic E-state index is 12.0. The molecule has 1 rings (SSSR count). The lowest BCUT2D eigenvalue weighted by atomic mass is 10.2. The van der Waals surface area contributed by atoms with Crippen molar-refractivity contribution in [3.63, 3.8) is 0 Å². The number of carbonyl (C=O) groups is 1. The van der Waals surface area contributed by atoms with E-state index in [0.29, 0.717) is 6.42 Å². The molecule has 0 unspecified atom stereocenters. The summed E-state index contributed by atoms with van der Waals surface area (Å²) in [4.78, 5) is 13.9. The van der Waals surface area contributed by atoms with Crippen LogP contribution in [-0.4, -0.2) is 29.9 Å². The molecule has 1 aliphatic rings. The van der Waals surface area contributed by atoms with Crippen molar-refractivity contribution in [2.45, 2.75) is 70.8 Å². The Labute approximate surface area is 166 Å². The van der Waals surface area contributed by atoms with Crippen molar-refractivity contribution in [2.75, 3.05) is 13.1 Å². The highest BCUT2D eigenvalue weighted by molar-refractivity contribution is 5.76. The van der Waals surface area contributed by atoms with E-state index in [9.17, 15) is 4.79 Å². The maximum absolute atomic E-state index is 12.0. The smallest absolute Gasteiger partial charge is 0.222 e. The Hall–Kier alpha value is -1.87. The summed E-state index contributed by atoms with van der Waals surface area (Å²) in [5.41, 5.74) is 5.84. The van der Waals surface area contributed by atoms with Crippen LogP contribution in [0.25, 0.3) is 0 Å². The van der Waals surface area contributed by atoms with E-state index in [0.717, 1.165) is 64.5 Å². The first-order valence-corrected chi connectivity index (χ1v) is 10.5. The number of nitrogens with zero attached hydrogens (tertiary/aromatic N) is 1. The molecule has 0 aliphatic carbocycles. The highest BCUT2D eigenvalue weighted by Gasteiger charge is 2.22. The molecule has 1 saturated heterocycles. The van der Waals surface area contributed by atoms with Crippen LogP contribution in [0.1, 0.15) is 64.7 Å². The van der Waals surface area contributed by atoms with Crippen molar-refractivity contribution in [2.24, 2.45) is 5.73 Å². The third-order valence-electron chi connectivity index (χ3n) is 4.50. The van der Waals surface area contributed by atoms with E-state index in [1.807, 2.05) is 4.90 Å². The normalized spacial score (nSPS) is 18.4. The van der Waals surface area contributed by atoms with Gasteiger partial charge < -0.3 is 10.6 Å². The lowest BCUT2D eigenvalue weighted by molar-refractivity contribution is -0.130. The molecule has 150 valence electrons. The zero-order valence-corrected chi connectivity index (χ0v) is 17.1. The van der Waals surface area contributed by atoms with E-state index >= 15 is 0 Å². The summed E-state index contributed by atoms with van der Waals surface area (Å²) >= 11 is 0. The van der Waals surface area contributed by atoms with Gasteiger partial charge in [-0.2, -0.15) is 0 Å². The van der Waals surface area contributed by atoms with Crippen LogP contribution in [0.2, 0.25) is 0 Å². The first-order chi connectivity index (χ1) is 13.2. The van der Waals surface area contributed by atoms with Crippen LogP contribution in [0.3, 0.4) is 0 Å². The number of amides is 1. The fraction of sp³-hybridized carbons (Fsp3) is 0.542. The molecule has 0 spiro atoms. The number of hydrogen-bond acceptors (Lipinski definition) is 2. The van der Waals surface area contributed by atoms with E-state index in [4.69, 9.17) is 5.73 Å². The van der Waals surface area contributed by atoms with Gasteiger partial charge in [-0.3, -0.25) is 4.79 Å². The Bertz CT molecular complexity index is 528. The second-order valence-electron chi connectivity index (χ2n) is 6.99. The van der Waals surface area contributed by atoms with Crippen LogP contribution in [-0.2, 0) is 4.79 Å². The molecule has 2 N–H and O–H groups in total. The molecule has 3 nitrogen and oxygen atoms in total. The second-order valence-corrected chi connectivity index (χ2v) is 6.99. The molecule has 3 heteroatoms. The van der Waals surface area contributed by atoms with E-state index in [1.54, 1.807) is 0 Å². The zero-order chi connectivity index (χ0) is 19.6. The average Bonchev–Trinajstić information content (AvgIpc) is 3.10. The third-order valence-corrected chi connectivity index (χ3v) is 4.50. The summed E-state index contributed by atoms with van der Waals surface area (Å²) in [6.07, 6.45) is 30.6.